The smallest absolute Gasteiger partial charge is 0.338 e. The molecule has 2 aromatic carbocycles. The summed E-state index contributed by atoms with van der Waals surface area (Å²) in [6.07, 6.45) is 1.55. The zero-order valence-corrected chi connectivity index (χ0v) is 15.7. The van der Waals surface area contributed by atoms with Gasteiger partial charge in [0.05, 0.1) is 23.3 Å². The van der Waals surface area contributed by atoms with Gasteiger partial charge in [-0.1, -0.05) is 30.3 Å². The van der Waals surface area contributed by atoms with Crippen LogP contribution in [0.15, 0.2) is 59.1 Å². The molecule has 0 fully saturated rings. The summed E-state index contributed by atoms with van der Waals surface area (Å²) in [6.45, 7) is 0.602. The molecular formula is C20H19N3O6. The van der Waals surface area contributed by atoms with E-state index in [2.05, 4.69) is 10.3 Å². The Kier molecular flexibility index (Phi) is 6.54. The van der Waals surface area contributed by atoms with Crippen LogP contribution in [0.5, 0.6) is 0 Å². The first kappa shape index (κ1) is 20.0. The molecule has 3 rings (SSSR count). The number of hydrogen-bond acceptors (Lipinski definition) is 8. The number of nitro benzene ring substituents is 1. The number of aromatic nitrogens is 1. The van der Waals surface area contributed by atoms with E-state index in [-0.39, 0.29) is 23.7 Å². The Balaban J connectivity index is 1.65. The van der Waals surface area contributed by atoms with E-state index in [1.807, 2.05) is 30.3 Å². The van der Waals surface area contributed by atoms with Gasteiger partial charge < -0.3 is 19.2 Å². The number of anilines is 1. The summed E-state index contributed by atoms with van der Waals surface area (Å²) in [5.41, 5.74) is 0.982. The third-order valence-corrected chi connectivity index (χ3v) is 3.99. The molecule has 0 spiro atoms. The Morgan fingerprint density at radius 1 is 1.24 bits per heavy atom. The first-order chi connectivity index (χ1) is 14.1. The molecule has 0 saturated heterocycles. The molecule has 0 atom stereocenters. The van der Waals surface area contributed by atoms with Crippen LogP contribution in [-0.4, -0.2) is 36.1 Å². The minimum Gasteiger partial charge on any atom is -0.452 e. The van der Waals surface area contributed by atoms with Crippen molar-refractivity contribution in [1.82, 2.24) is 4.98 Å². The van der Waals surface area contributed by atoms with E-state index in [0.717, 1.165) is 5.56 Å². The lowest BCUT2D eigenvalue weighted by molar-refractivity contribution is -0.384. The molecule has 0 bridgehead atoms. The Bertz CT molecular complexity index is 987. The maximum atomic E-state index is 12.3. The molecule has 3 aromatic rings. The van der Waals surface area contributed by atoms with Crippen LogP contribution in [0.3, 0.4) is 0 Å². The quantitative estimate of drug-likeness (QED) is 0.252. The van der Waals surface area contributed by atoms with Gasteiger partial charge in [0.15, 0.2) is 12.4 Å². The molecule has 0 amide bonds. The van der Waals surface area contributed by atoms with Crippen molar-refractivity contribution >= 4 is 17.3 Å². The van der Waals surface area contributed by atoms with Crippen LogP contribution in [0.1, 0.15) is 16.2 Å². The molecule has 0 radical (unpaired) electrons. The largest absolute Gasteiger partial charge is 0.452 e. The van der Waals surface area contributed by atoms with Gasteiger partial charge in [-0.15, -0.1) is 0 Å². The molecule has 0 saturated carbocycles. The summed E-state index contributed by atoms with van der Waals surface area (Å²) in [6, 6.07) is 13.5. The Hall–Kier alpha value is -3.72. The van der Waals surface area contributed by atoms with E-state index < -0.39 is 10.9 Å². The monoisotopic (exact) mass is 397 g/mol. The van der Waals surface area contributed by atoms with Crippen molar-refractivity contribution in [3.63, 3.8) is 0 Å². The second-order valence-electron chi connectivity index (χ2n) is 5.97. The van der Waals surface area contributed by atoms with E-state index in [1.54, 1.807) is 6.20 Å². The maximum Gasteiger partial charge on any atom is 0.338 e. The number of hydrogen-bond donors (Lipinski definition) is 1. The molecule has 1 N–H and O–H groups in total. The fraction of sp³-hybridized carbons (Fsp3) is 0.200. The lowest BCUT2D eigenvalue weighted by Crippen LogP contribution is -2.11. The van der Waals surface area contributed by atoms with Crippen LogP contribution in [0.25, 0.3) is 11.3 Å². The number of carbonyl (C=O) groups is 1. The molecule has 0 aliphatic heterocycles. The average molecular weight is 397 g/mol. The second kappa shape index (κ2) is 9.47. The predicted octanol–water partition coefficient (Wildman–Crippen LogP) is 3.67. The molecule has 150 valence electrons. The molecule has 29 heavy (non-hydrogen) atoms. The fourth-order valence-electron chi connectivity index (χ4n) is 2.57. The number of nitrogens with one attached hydrogen (secondary N) is 1. The lowest BCUT2D eigenvalue weighted by Gasteiger charge is -2.08. The highest BCUT2D eigenvalue weighted by molar-refractivity contribution is 5.91. The summed E-state index contributed by atoms with van der Waals surface area (Å²) in [5.74, 6) is 0.0688. The number of carbonyl (C=O) groups excluding carboxylic acids is 1. The van der Waals surface area contributed by atoms with Crippen molar-refractivity contribution in [2.24, 2.45) is 0 Å². The van der Waals surface area contributed by atoms with Gasteiger partial charge in [-0.2, -0.15) is 0 Å². The van der Waals surface area contributed by atoms with Gasteiger partial charge >= 0.3 is 5.97 Å². The van der Waals surface area contributed by atoms with Gasteiger partial charge in [-0.3, -0.25) is 10.1 Å². The van der Waals surface area contributed by atoms with E-state index in [0.29, 0.717) is 24.6 Å². The molecule has 9 heteroatoms. The molecular weight excluding hydrogens is 378 g/mol. The van der Waals surface area contributed by atoms with E-state index in [1.165, 1.54) is 25.3 Å². The Morgan fingerprint density at radius 3 is 2.76 bits per heavy atom. The third-order valence-electron chi connectivity index (χ3n) is 3.99. The highest BCUT2D eigenvalue weighted by Gasteiger charge is 2.19. The molecule has 0 aliphatic carbocycles. The highest BCUT2D eigenvalue weighted by Crippen LogP contribution is 2.26. The van der Waals surface area contributed by atoms with Crippen molar-refractivity contribution in [3.8, 4) is 11.3 Å². The summed E-state index contributed by atoms with van der Waals surface area (Å²) in [5, 5.41) is 14.2. The zero-order valence-electron chi connectivity index (χ0n) is 15.7. The van der Waals surface area contributed by atoms with Crippen molar-refractivity contribution in [1.29, 1.82) is 0 Å². The van der Waals surface area contributed by atoms with Gasteiger partial charge in [0, 0.05) is 25.3 Å². The van der Waals surface area contributed by atoms with Crippen molar-refractivity contribution in [3.05, 3.63) is 76.3 Å². The number of benzene rings is 2. The predicted molar refractivity (Wildman–Crippen MR) is 105 cm³/mol. The number of methoxy groups -OCH3 is 1. The van der Waals surface area contributed by atoms with E-state index >= 15 is 0 Å². The highest BCUT2D eigenvalue weighted by atomic mass is 16.6. The van der Waals surface area contributed by atoms with Crippen LogP contribution in [0.4, 0.5) is 11.4 Å². The van der Waals surface area contributed by atoms with Crippen molar-refractivity contribution in [2.75, 3.05) is 25.6 Å². The van der Waals surface area contributed by atoms with Gasteiger partial charge in [0.1, 0.15) is 5.69 Å². The first-order valence-corrected chi connectivity index (χ1v) is 8.77. The van der Waals surface area contributed by atoms with Gasteiger partial charge in [0.25, 0.3) is 5.69 Å². The maximum absolute atomic E-state index is 12.3. The van der Waals surface area contributed by atoms with Crippen LogP contribution in [0.2, 0.25) is 0 Å². The summed E-state index contributed by atoms with van der Waals surface area (Å²) in [4.78, 5) is 27.1. The van der Waals surface area contributed by atoms with Gasteiger partial charge in [-0.25, -0.2) is 9.78 Å². The number of ether oxygens (including phenoxy) is 2. The Labute approximate surface area is 166 Å². The molecule has 0 aliphatic rings. The first-order valence-electron chi connectivity index (χ1n) is 8.77. The standard InChI is InChI=1S/C20H19N3O6/c1-27-10-9-21-16-8-7-15(11-17(16)23(25)26)20(24)28-13-19-22-12-18(29-19)14-5-3-2-4-6-14/h2-8,11-12,21H,9-10,13H2,1H3. The minimum absolute atomic E-state index is 0.0591. The van der Waals surface area contributed by atoms with Crippen molar-refractivity contribution in [2.45, 2.75) is 6.61 Å². The SMILES string of the molecule is COCCNc1ccc(C(=O)OCc2ncc(-c3ccccc3)o2)cc1[N+](=O)[O-]. The number of rotatable bonds is 9. The Morgan fingerprint density at radius 2 is 2.03 bits per heavy atom. The topological polar surface area (TPSA) is 117 Å². The normalized spacial score (nSPS) is 10.5. The van der Waals surface area contributed by atoms with Crippen LogP contribution < -0.4 is 5.32 Å². The summed E-state index contributed by atoms with van der Waals surface area (Å²) in [7, 11) is 1.53. The number of esters is 1. The molecule has 1 heterocycles. The fourth-order valence-corrected chi connectivity index (χ4v) is 2.57. The van der Waals surface area contributed by atoms with Gasteiger partial charge in [0.2, 0.25) is 5.89 Å². The second-order valence-corrected chi connectivity index (χ2v) is 5.97. The van der Waals surface area contributed by atoms with E-state index in [9.17, 15) is 14.9 Å². The zero-order chi connectivity index (χ0) is 20.6. The van der Waals surface area contributed by atoms with Crippen LogP contribution >= 0.6 is 0 Å². The van der Waals surface area contributed by atoms with Crippen molar-refractivity contribution < 1.29 is 23.6 Å². The number of nitro groups is 1. The van der Waals surface area contributed by atoms with E-state index in [4.69, 9.17) is 13.9 Å². The molecule has 1 aromatic heterocycles. The van der Waals surface area contributed by atoms with Crippen LogP contribution in [-0.2, 0) is 16.1 Å². The number of oxazole rings is 1. The third kappa shape index (κ3) is 5.17. The lowest BCUT2D eigenvalue weighted by atomic mass is 10.1. The minimum atomic E-state index is -0.712. The van der Waals surface area contributed by atoms with Gasteiger partial charge in [-0.05, 0) is 12.1 Å². The molecule has 0 unspecified atom stereocenters. The molecule has 9 nitrogen and oxygen atoms in total. The van der Waals surface area contributed by atoms with Crippen LogP contribution in [0, 0.1) is 10.1 Å². The summed E-state index contributed by atoms with van der Waals surface area (Å²) >= 11 is 0. The average Bonchev–Trinajstić information content (AvgIpc) is 3.22. The number of nitrogens with zero attached hydrogens (tertiary/aromatic N) is 2. The summed E-state index contributed by atoms with van der Waals surface area (Å²) < 4.78 is 15.7.